The summed E-state index contributed by atoms with van der Waals surface area (Å²) in [7, 11) is 0. The number of hydrogen-bond acceptors (Lipinski definition) is 3. The Morgan fingerprint density at radius 1 is 1.61 bits per heavy atom. The molecule has 0 saturated carbocycles. The molecule has 1 aromatic heterocycles. The molecule has 1 aliphatic heterocycles. The average molecular weight is 250 g/mol. The first-order chi connectivity index (χ1) is 8.65. The lowest BCUT2D eigenvalue weighted by molar-refractivity contribution is -0.125. The van der Waals surface area contributed by atoms with E-state index in [1.807, 2.05) is 24.0 Å². The van der Waals surface area contributed by atoms with E-state index in [1.165, 1.54) is 0 Å². The normalized spacial score (nSPS) is 23.9. The SMILES string of the molecule is Cc1cnn(CCNC(=O)C2CNCC(C)C2)c1. The lowest BCUT2D eigenvalue weighted by atomic mass is 9.91. The fraction of sp³-hybridized carbons (Fsp3) is 0.692. The Kier molecular flexibility index (Phi) is 4.36. The fourth-order valence-corrected chi connectivity index (χ4v) is 2.38. The molecule has 2 N–H and O–H groups in total. The minimum atomic E-state index is 0.119. The first kappa shape index (κ1) is 13.1. The van der Waals surface area contributed by atoms with Crippen molar-refractivity contribution in [3.05, 3.63) is 18.0 Å². The number of nitrogens with zero attached hydrogens (tertiary/aromatic N) is 2. The molecule has 2 rings (SSSR count). The van der Waals surface area contributed by atoms with Crippen LogP contribution in [0.3, 0.4) is 0 Å². The molecule has 5 nitrogen and oxygen atoms in total. The van der Waals surface area contributed by atoms with Crippen LogP contribution in [0.15, 0.2) is 12.4 Å². The van der Waals surface area contributed by atoms with Gasteiger partial charge in [0, 0.05) is 19.3 Å². The minimum Gasteiger partial charge on any atom is -0.354 e. The molecule has 1 fully saturated rings. The predicted molar refractivity (Wildman–Crippen MR) is 70.1 cm³/mol. The Labute approximate surface area is 108 Å². The van der Waals surface area contributed by atoms with E-state index in [9.17, 15) is 4.79 Å². The van der Waals surface area contributed by atoms with Gasteiger partial charge in [-0.1, -0.05) is 6.92 Å². The molecule has 0 spiro atoms. The van der Waals surface area contributed by atoms with Crippen LogP contribution in [0.2, 0.25) is 0 Å². The number of nitrogens with one attached hydrogen (secondary N) is 2. The van der Waals surface area contributed by atoms with Crippen LogP contribution in [-0.4, -0.2) is 35.3 Å². The van der Waals surface area contributed by atoms with Gasteiger partial charge in [-0.05, 0) is 31.4 Å². The lowest BCUT2D eigenvalue weighted by Gasteiger charge is -2.26. The third kappa shape index (κ3) is 3.57. The van der Waals surface area contributed by atoms with Crippen LogP contribution in [0, 0.1) is 18.8 Å². The molecule has 100 valence electrons. The van der Waals surface area contributed by atoms with Crippen LogP contribution in [0.4, 0.5) is 0 Å². The van der Waals surface area contributed by atoms with Gasteiger partial charge >= 0.3 is 0 Å². The Balaban J connectivity index is 1.71. The Hall–Kier alpha value is -1.36. The second-order valence-corrected chi connectivity index (χ2v) is 5.27. The summed E-state index contributed by atoms with van der Waals surface area (Å²) in [6, 6.07) is 0. The fourth-order valence-electron chi connectivity index (χ4n) is 2.38. The molecule has 2 atom stereocenters. The van der Waals surface area contributed by atoms with Crippen molar-refractivity contribution < 1.29 is 4.79 Å². The highest BCUT2D eigenvalue weighted by molar-refractivity contribution is 5.78. The molecule has 2 heterocycles. The molecule has 0 aromatic carbocycles. The molecule has 1 aliphatic rings. The number of hydrogen-bond donors (Lipinski definition) is 2. The second kappa shape index (κ2) is 6.00. The largest absolute Gasteiger partial charge is 0.354 e. The zero-order valence-corrected chi connectivity index (χ0v) is 11.1. The summed E-state index contributed by atoms with van der Waals surface area (Å²) >= 11 is 0. The lowest BCUT2D eigenvalue weighted by Crippen LogP contribution is -2.44. The molecule has 0 bridgehead atoms. The number of aromatic nitrogens is 2. The Morgan fingerprint density at radius 2 is 2.44 bits per heavy atom. The molecule has 2 unspecified atom stereocenters. The van der Waals surface area contributed by atoms with Crippen molar-refractivity contribution in [2.75, 3.05) is 19.6 Å². The first-order valence-electron chi connectivity index (χ1n) is 6.62. The number of aryl methyl sites for hydroxylation is 1. The van der Waals surface area contributed by atoms with E-state index in [0.717, 1.165) is 31.6 Å². The van der Waals surface area contributed by atoms with Crippen LogP contribution in [-0.2, 0) is 11.3 Å². The van der Waals surface area contributed by atoms with E-state index in [1.54, 1.807) is 0 Å². The monoisotopic (exact) mass is 250 g/mol. The number of rotatable bonds is 4. The van der Waals surface area contributed by atoms with E-state index in [4.69, 9.17) is 0 Å². The van der Waals surface area contributed by atoms with Crippen molar-refractivity contribution >= 4 is 5.91 Å². The van der Waals surface area contributed by atoms with Crippen molar-refractivity contribution in [2.24, 2.45) is 11.8 Å². The van der Waals surface area contributed by atoms with Crippen molar-refractivity contribution in [2.45, 2.75) is 26.8 Å². The highest BCUT2D eigenvalue weighted by Gasteiger charge is 2.24. The van der Waals surface area contributed by atoms with Crippen molar-refractivity contribution in [1.29, 1.82) is 0 Å². The van der Waals surface area contributed by atoms with Crippen molar-refractivity contribution in [1.82, 2.24) is 20.4 Å². The van der Waals surface area contributed by atoms with Crippen LogP contribution in [0.5, 0.6) is 0 Å². The number of amides is 1. The number of piperidine rings is 1. The summed E-state index contributed by atoms with van der Waals surface area (Å²) < 4.78 is 1.86. The molecular formula is C13H22N4O. The van der Waals surface area contributed by atoms with Gasteiger partial charge in [0.25, 0.3) is 0 Å². The smallest absolute Gasteiger partial charge is 0.224 e. The zero-order chi connectivity index (χ0) is 13.0. The maximum atomic E-state index is 12.0. The van der Waals surface area contributed by atoms with E-state index < -0.39 is 0 Å². The quantitative estimate of drug-likeness (QED) is 0.820. The molecule has 18 heavy (non-hydrogen) atoms. The summed E-state index contributed by atoms with van der Waals surface area (Å²) in [6.45, 7) is 7.39. The van der Waals surface area contributed by atoms with Crippen LogP contribution in [0.1, 0.15) is 18.9 Å². The molecule has 1 saturated heterocycles. The molecule has 0 radical (unpaired) electrons. The van der Waals surface area contributed by atoms with Gasteiger partial charge in [-0.25, -0.2) is 0 Å². The summed E-state index contributed by atoms with van der Waals surface area (Å²) in [6.07, 6.45) is 4.80. The van der Waals surface area contributed by atoms with E-state index >= 15 is 0 Å². The molecule has 0 aliphatic carbocycles. The van der Waals surface area contributed by atoms with Crippen molar-refractivity contribution in [3.63, 3.8) is 0 Å². The zero-order valence-electron chi connectivity index (χ0n) is 11.1. The highest BCUT2D eigenvalue weighted by Crippen LogP contribution is 2.15. The number of carbonyl (C=O) groups excluding carboxylic acids is 1. The van der Waals surface area contributed by atoms with Gasteiger partial charge in [0.1, 0.15) is 0 Å². The predicted octanol–water partition coefficient (Wildman–Crippen LogP) is 0.553. The minimum absolute atomic E-state index is 0.119. The van der Waals surface area contributed by atoms with E-state index in [2.05, 4.69) is 22.7 Å². The summed E-state index contributed by atoms with van der Waals surface area (Å²) in [5.41, 5.74) is 1.15. The van der Waals surface area contributed by atoms with Crippen LogP contribution < -0.4 is 10.6 Å². The van der Waals surface area contributed by atoms with Gasteiger partial charge in [-0.2, -0.15) is 5.10 Å². The summed E-state index contributed by atoms with van der Waals surface area (Å²) in [4.78, 5) is 12.0. The summed E-state index contributed by atoms with van der Waals surface area (Å²) in [5, 5.41) is 10.5. The van der Waals surface area contributed by atoms with Gasteiger partial charge in [-0.3, -0.25) is 9.48 Å². The third-order valence-corrected chi connectivity index (χ3v) is 3.34. The molecular weight excluding hydrogens is 228 g/mol. The molecule has 1 amide bonds. The topological polar surface area (TPSA) is 59.0 Å². The van der Waals surface area contributed by atoms with Gasteiger partial charge in [0.05, 0.1) is 18.7 Å². The van der Waals surface area contributed by atoms with Crippen LogP contribution >= 0.6 is 0 Å². The second-order valence-electron chi connectivity index (χ2n) is 5.27. The van der Waals surface area contributed by atoms with Gasteiger partial charge in [0.15, 0.2) is 0 Å². The molecule has 5 heteroatoms. The van der Waals surface area contributed by atoms with Crippen molar-refractivity contribution in [3.8, 4) is 0 Å². The van der Waals surface area contributed by atoms with Crippen LogP contribution in [0.25, 0.3) is 0 Å². The van der Waals surface area contributed by atoms with Gasteiger partial charge in [0.2, 0.25) is 5.91 Å². The third-order valence-electron chi connectivity index (χ3n) is 3.34. The molecule has 1 aromatic rings. The van der Waals surface area contributed by atoms with Gasteiger partial charge in [-0.15, -0.1) is 0 Å². The van der Waals surface area contributed by atoms with E-state index in [0.29, 0.717) is 12.5 Å². The first-order valence-corrected chi connectivity index (χ1v) is 6.62. The summed E-state index contributed by atoms with van der Waals surface area (Å²) in [5.74, 6) is 0.870. The maximum absolute atomic E-state index is 12.0. The highest BCUT2D eigenvalue weighted by atomic mass is 16.1. The van der Waals surface area contributed by atoms with E-state index in [-0.39, 0.29) is 11.8 Å². The Morgan fingerprint density at radius 3 is 3.11 bits per heavy atom. The average Bonchev–Trinajstić information content (AvgIpc) is 2.75. The van der Waals surface area contributed by atoms with Gasteiger partial charge < -0.3 is 10.6 Å². The standard InChI is InChI=1S/C13H22N4O/c1-10-5-12(8-14-6-10)13(18)15-3-4-17-9-11(2)7-16-17/h7,9-10,12,14H,3-6,8H2,1-2H3,(H,15,18). The maximum Gasteiger partial charge on any atom is 0.224 e. The number of carbonyl (C=O) groups is 1. The Bertz CT molecular complexity index is 401.